The van der Waals surface area contributed by atoms with E-state index in [9.17, 15) is 4.79 Å². The van der Waals surface area contributed by atoms with Gasteiger partial charge in [0.25, 0.3) is 0 Å². The number of hydrogen-bond acceptors (Lipinski definition) is 3. The van der Waals surface area contributed by atoms with Crippen molar-refractivity contribution >= 4 is 5.91 Å². The number of carbonyl (C=O) groups excluding carboxylic acids is 1. The monoisotopic (exact) mass is 238 g/mol. The maximum Gasteiger partial charge on any atom is 0.237 e. The molecule has 0 spiro atoms. The SMILES string of the molecule is CCC(C)NC(=O)C(C)NCCn1ccnc1. The first-order valence-corrected chi connectivity index (χ1v) is 6.13. The quantitative estimate of drug-likeness (QED) is 0.738. The van der Waals surface area contributed by atoms with Gasteiger partial charge in [0, 0.05) is 31.5 Å². The summed E-state index contributed by atoms with van der Waals surface area (Å²) in [5.41, 5.74) is 0. The minimum absolute atomic E-state index is 0.0602. The molecular formula is C12H22N4O. The predicted octanol–water partition coefficient (Wildman–Crippen LogP) is 0.776. The zero-order valence-electron chi connectivity index (χ0n) is 10.8. The molecule has 96 valence electrons. The van der Waals surface area contributed by atoms with Crippen LogP contribution in [0.25, 0.3) is 0 Å². The summed E-state index contributed by atoms with van der Waals surface area (Å²) in [5.74, 6) is 0.0602. The van der Waals surface area contributed by atoms with Crippen LogP contribution in [0.5, 0.6) is 0 Å². The Morgan fingerprint density at radius 1 is 1.47 bits per heavy atom. The van der Waals surface area contributed by atoms with Gasteiger partial charge in [0.1, 0.15) is 0 Å². The van der Waals surface area contributed by atoms with Crippen LogP contribution >= 0.6 is 0 Å². The predicted molar refractivity (Wildman–Crippen MR) is 67.6 cm³/mol. The van der Waals surface area contributed by atoms with Gasteiger partial charge in [0.2, 0.25) is 5.91 Å². The molecule has 2 atom stereocenters. The van der Waals surface area contributed by atoms with E-state index in [1.54, 1.807) is 12.5 Å². The topological polar surface area (TPSA) is 59.0 Å². The van der Waals surface area contributed by atoms with Gasteiger partial charge >= 0.3 is 0 Å². The summed E-state index contributed by atoms with van der Waals surface area (Å²) in [6.45, 7) is 7.52. The van der Waals surface area contributed by atoms with E-state index in [1.165, 1.54) is 0 Å². The Morgan fingerprint density at radius 3 is 2.82 bits per heavy atom. The van der Waals surface area contributed by atoms with Crippen LogP contribution in [0.4, 0.5) is 0 Å². The van der Waals surface area contributed by atoms with Gasteiger partial charge in [0.15, 0.2) is 0 Å². The van der Waals surface area contributed by atoms with Crippen molar-refractivity contribution in [2.24, 2.45) is 0 Å². The smallest absolute Gasteiger partial charge is 0.237 e. The molecule has 1 heterocycles. The van der Waals surface area contributed by atoms with Crippen LogP contribution in [0.3, 0.4) is 0 Å². The molecule has 0 fully saturated rings. The summed E-state index contributed by atoms with van der Waals surface area (Å²) < 4.78 is 1.98. The molecule has 0 saturated carbocycles. The molecule has 0 aliphatic rings. The highest BCUT2D eigenvalue weighted by Gasteiger charge is 2.13. The average Bonchev–Trinajstić information content (AvgIpc) is 2.81. The van der Waals surface area contributed by atoms with Gasteiger partial charge in [-0.2, -0.15) is 0 Å². The van der Waals surface area contributed by atoms with Crippen LogP contribution in [-0.2, 0) is 11.3 Å². The lowest BCUT2D eigenvalue weighted by atomic mass is 10.2. The summed E-state index contributed by atoms with van der Waals surface area (Å²) in [4.78, 5) is 15.7. The highest BCUT2D eigenvalue weighted by Crippen LogP contribution is 1.91. The second-order valence-corrected chi connectivity index (χ2v) is 4.29. The Balaban J connectivity index is 2.20. The molecule has 2 N–H and O–H groups in total. The number of carbonyl (C=O) groups is 1. The van der Waals surface area contributed by atoms with E-state index in [2.05, 4.69) is 22.5 Å². The van der Waals surface area contributed by atoms with Gasteiger partial charge in [-0.1, -0.05) is 6.92 Å². The standard InChI is InChI=1S/C12H22N4O/c1-4-10(2)15-12(17)11(3)14-6-8-16-7-5-13-9-16/h5,7,9-11,14H,4,6,8H2,1-3H3,(H,15,17). The largest absolute Gasteiger partial charge is 0.352 e. The lowest BCUT2D eigenvalue weighted by Gasteiger charge is -2.17. The lowest BCUT2D eigenvalue weighted by molar-refractivity contribution is -0.123. The molecule has 1 aromatic rings. The van der Waals surface area contributed by atoms with Gasteiger partial charge in [0.05, 0.1) is 12.4 Å². The van der Waals surface area contributed by atoms with E-state index in [-0.39, 0.29) is 18.0 Å². The molecule has 1 rings (SSSR count). The fourth-order valence-corrected chi connectivity index (χ4v) is 1.39. The Bertz CT molecular complexity index is 323. The van der Waals surface area contributed by atoms with Crippen molar-refractivity contribution < 1.29 is 4.79 Å². The third kappa shape index (κ3) is 4.99. The molecule has 1 aromatic heterocycles. The van der Waals surface area contributed by atoms with Crippen molar-refractivity contribution in [3.05, 3.63) is 18.7 Å². The van der Waals surface area contributed by atoms with Crippen LogP contribution < -0.4 is 10.6 Å². The van der Waals surface area contributed by atoms with Crippen LogP contribution in [0.1, 0.15) is 27.2 Å². The number of nitrogens with zero attached hydrogens (tertiary/aromatic N) is 2. The van der Waals surface area contributed by atoms with Gasteiger partial charge < -0.3 is 15.2 Å². The molecule has 17 heavy (non-hydrogen) atoms. The fraction of sp³-hybridized carbons (Fsp3) is 0.667. The fourth-order valence-electron chi connectivity index (χ4n) is 1.39. The molecule has 5 nitrogen and oxygen atoms in total. The highest BCUT2D eigenvalue weighted by molar-refractivity contribution is 5.81. The van der Waals surface area contributed by atoms with E-state index < -0.39 is 0 Å². The maximum absolute atomic E-state index is 11.7. The molecule has 0 aromatic carbocycles. The summed E-state index contributed by atoms with van der Waals surface area (Å²) in [7, 11) is 0. The Labute approximate surface area is 103 Å². The molecular weight excluding hydrogens is 216 g/mol. The average molecular weight is 238 g/mol. The molecule has 0 saturated heterocycles. The second-order valence-electron chi connectivity index (χ2n) is 4.29. The Kier molecular flexibility index (Phi) is 5.69. The maximum atomic E-state index is 11.7. The number of imidazole rings is 1. The van der Waals surface area contributed by atoms with E-state index in [1.807, 2.05) is 24.6 Å². The number of aromatic nitrogens is 2. The van der Waals surface area contributed by atoms with Crippen LogP contribution in [0.15, 0.2) is 18.7 Å². The number of hydrogen-bond donors (Lipinski definition) is 2. The zero-order valence-corrected chi connectivity index (χ0v) is 10.8. The number of amides is 1. The summed E-state index contributed by atoms with van der Waals surface area (Å²) in [6, 6.07) is 0.0768. The molecule has 0 bridgehead atoms. The molecule has 0 aliphatic carbocycles. The van der Waals surface area contributed by atoms with Crippen molar-refractivity contribution in [2.75, 3.05) is 6.54 Å². The van der Waals surface area contributed by atoms with Gasteiger partial charge in [-0.25, -0.2) is 4.98 Å². The minimum atomic E-state index is -0.160. The zero-order chi connectivity index (χ0) is 12.7. The van der Waals surface area contributed by atoms with Crippen molar-refractivity contribution in [1.29, 1.82) is 0 Å². The third-order valence-corrected chi connectivity index (χ3v) is 2.77. The van der Waals surface area contributed by atoms with Crippen LogP contribution in [0, 0.1) is 0 Å². The first-order valence-electron chi connectivity index (χ1n) is 6.13. The van der Waals surface area contributed by atoms with Gasteiger partial charge in [-0.3, -0.25) is 4.79 Å². The van der Waals surface area contributed by atoms with Crippen molar-refractivity contribution in [3.8, 4) is 0 Å². The van der Waals surface area contributed by atoms with Crippen molar-refractivity contribution in [3.63, 3.8) is 0 Å². The summed E-state index contributed by atoms with van der Waals surface area (Å²) in [5, 5.41) is 6.14. The lowest BCUT2D eigenvalue weighted by Crippen LogP contribution is -2.46. The summed E-state index contributed by atoms with van der Waals surface area (Å²) >= 11 is 0. The first-order chi connectivity index (χ1) is 8.13. The second kappa shape index (κ2) is 7.06. The number of rotatable bonds is 7. The van der Waals surface area contributed by atoms with E-state index >= 15 is 0 Å². The third-order valence-electron chi connectivity index (χ3n) is 2.77. The van der Waals surface area contributed by atoms with Crippen LogP contribution in [0.2, 0.25) is 0 Å². The summed E-state index contributed by atoms with van der Waals surface area (Å²) in [6.07, 6.45) is 6.38. The molecule has 0 radical (unpaired) electrons. The Hall–Kier alpha value is -1.36. The molecule has 0 aliphatic heterocycles. The minimum Gasteiger partial charge on any atom is -0.352 e. The normalized spacial score (nSPS) is 14.3. The molecule has 1 amide bonds. The highest BCUT2D eigenvalue weighted by atomic mass is 16.2. The van der Waals surface area contributed by atoms with Gasteiger partial charge in [-0.15, -0.1) is 0 Å². The van der Waals surface area contributed by atoms with Gasteiger partial charge in [-0.05, 0) is 20.3 Å². The molecule has 5 heteroatoms. The molecule has 2 unspecified atom stereocenters. The van der Waals surface area contributed by atoms with Crippen LogP contribution in [-0.4, -0.2) is 34.1 Å². The number of nitrogens with one attached hydrogen (secondary N) is 2. The van der Waals surface area contributed by atoms with Crippen molar-refractivity contribution in [1.82, 2.24) is 20.2 Å². The Morgan fingerprint density at radius 2 is 2.24 bits per heavy atom. The van der Waals surface area contributed by atoms with Crippen molar-refractivity contribution in [2.45, 2.75) is 45.8 Å². The first kappa shape index (κ1) is 13.7. The van der Waals surface area contributed by atoms with E-state index in [0.29, 0.717) is 0 Å². The van der Waals surface area contributed by atoms with E-state index in [0.717, 1.165) is 19.5 Å². The van der Waals surface area contributed by atoms with E-state index in [4.69, 9.17) is 0 Å².